The van der Waals surface area contributed by atoms with Crippen LogP contribution in [0.2, 0.25) is 0 Å². The average Bonchev–Trinajstić information content (AvgIpc) is 2.53. The van der Waals surface area contributed by atoms with Gasteiger partial charge in [0.2, 0.25) is 0 Å². The summed E-state index contributed by atoms with van der Waals surface area (Å²) >= 11 is 0. The zero-order valence-electron chi connectivity index (χ0n) is 8.16. The third kappa shape index (κ3) is 1.93. The number of aliphatic hydroxyl groups is 1. The molecule has 3 heteroatoms. The minimum absolute atomic E-state index is 0.174. The van der Waals surface area contributed by atoms with E-state index in [-0.39, 0.29) is 6.10 Å². The molecule has 0 saturated carbocycles. The van der Waals surface area contributed by atoms with Gasteiger partial charge in [0.25, 0.3) is 0 Å². The smallest absolute Gasteiger partial charge is 0.0831 e. The first-order valence-electron chi connectivity index (χ1n) is 5.06. The number of rotatable bonds is 1. The van der Waals surface area contributed by atoms with Crippen molar-refractivity contribution in [1.29, 1.82) is 0 Å². The molecule has 0 amide bonds. The average molecular weight is 182 g/mol. The van der Waals surface area contributed by atoms with Crippen molar-refractivity contribution in [3.63, 3.8) is 0 Å². The van der Waals surface area contributed by atoms with E-state index in [4.69, 9.17) is 0 Å². The van der Waals surface area contributed by atoms with Crippen LogP contribution in [0.25, 0.3) is 0 Å². The quantitative estimate of drug-likeness (QED) is 0.559. The van der Waals surface area contributed by atoms with Gasteiger partial charge in [-0.05, 0) is 13.3 Å². The fourth-order valence-corrected chi connectivity index (χ4v) is 2.11. The highest BCUT2D eigenvalue weighted by Crippen LogP contribution is 2.16. The van der Waals surface area contributed by atoms with Crippen LogP contribution in [0, 0.1) is 0 Å². The molecular weight excluding hydrogens is 164 g/mol. The van der Waals surface area contributed by atoms with Gasteiger partial charge in [0.1, 0.15) is 0 Å². The lowest BCUT2D eigenvalue weighted by molar-refractivity contribution is 0.0883. The van der Waals surface area contributed by atoms with E-state index in [0.717, 1.165) is 32.6 Å². The second-order valence-corrected chi connectivity index (χ2v) is 4.09. The second kappa shape index (κ2) is 3.78. The molecule has 3 nitrogen and oxygen atoms in total. The van der Waals surface area contributed by atoms with E-state index < -0.39 is 0 Å². The Morgan fingerprint density at radius 3 is 2.92 bits per heavy atom. The van der Waals surface area contributed by atoms with Gasteiger partial charge in [0.15, 0.2) is 0 Å². The summed E-state index contributed by atoms with van der Waals surface area (Å²) in [7, 11) is 0. The molecule has 0 bridgehead atoms. The number of hydrogen-bond acceptors (Lipinski definition) is 3. The number of nitrogens with one attached hydrogen (secondary N) is 1. The molecule has 2 heterocycles. The van der Waals surface area contributed by atoms with Gasteiger partial charge in [-0.1, -0.05) is 11.6 Å². The molecule has 1 saturated heterocycles. The monoisotopic (exact) mass is 182 g/mol. The van der Waals surface area contributed by atoms with Crippen LogP contribution < -0.4 is 5.32 Å². The van der Waals surface area contributed by atoms with Crippen molar-refractivity contribution >= 4 is 0 Å². The molecule has 2 atom stereocenters. The van der Waals surface area contributed by atoms with Gasteiger partial charge >= 0.3 is 0 Å². The Hall–Kier alpha value is -0.380. The van der Waals surface area contributed by atoms with E-state index in [0.29, 0.717) is 6.04 Å². The van der Waals surface area contributed by atoms with E-state index in [2.05, 4.69) is 23.2 Å². The summed E-state index contributed by atoms with van der Waals surface area (Å²) in [6.45, 7) is 5.99. The fraction of sp³-hybridized carbons (Fsp3) is 0.800. The van der Waals surface area contributed by atoms with Crippen molar-refractivity contribution in [1.82, 2.24) is 10.2 Å². The van der Waals surface area contributed by atoms with Crippen molar-refractivity contribution < 1.29 is 5.11 Å². The van der Waals surface area contributed by atoms with Crippen LogP contribution in [0.15, 0.2) is 11.6 Å². The summed E-state index contributed by atoms with van der Waals surface area (Å²) in [4.78, 5) is 2.37. The second-order valence-electron chi connectivity index (χ2n) is 4.09. The molecule has 1 fully saturated rings. The van der Waals surface area contributed by atoms with Crippen LogP contribution in [-0.2, 0) is 0 Å². The lowest BCUT2D eigenvalue weighted by atomic mass is 10.1. The van der Waals surface area contributed by atoms with Crippen LogP contribution >= 0.6 is 0 Å². The molecule has 2 N–H and O–H groups in total. The van der Waals surface area contributed by atoms with Gasteiger partial charge in [-0.3, -0.25) is 4.90 Å². The van der Waals surface area contributed by atoms with E-state index in [1.54, 1.807) is 0 Å². The maximum Gasteiger partial charge on any atom is 0.0831 e. The minimum atomic E-state index is -0.174. The summed E-state index contributed by atoms with van der Waals surface area (Å²) in [5.74, 6) is 0. The topological polar surface area (TPSA) is 35.5 Å². The molecule has 74 valence electrons. The first-order valence-corrected chi connectivity index (χ1v) is 5.06. The molecule has 0 aromatic carbocycles. The van der Waals surface area contributed by atoms with Gasteiger partial charge in [0.05, 0.1) is 6.10 Å². The molecule has 2 aliphatic rings. The first-order chi connectivity index (χ1) is 6.27. The zero-order chi connectivity index (χ0) is 9.26. The van der Waals surface area contributed by atoms with Crippen molar-refractivity contribution in [3.05, 3.63) is 11.6 Å². The summed E-state index contributed by atoms with van der Waals surface area (Å²) in [6.07, 6.45) is 3.25. The number of β-amino-alcohol motifs (C(OH)–C–C–N with tert-alkyl or cyclic N) is 1. The highest BCUT2D eigenvalue weighted by atomic mass is 16.3. The zero-order valence-corrected chi connectivity index (χ0v) is 8.16. The molecule has 2 rings (SSSR count). The third-order valence-corrected chi connectivity index (χ3v) is 3.09. The maximum absolute atomic E-state index is 9.68. The highest BCUT2D eigenvalue weighted by Gasteiger charge is 2.30. The van der Waals surface area contributed by atoms with Crippen LogP contribution in [0.1, 0.15) is 13.3 Å². The largest absolute Gasteiger partial charge is 0.390 e. The van der Waals surface area contributed by atoms with Gasteiger partial charge in [-0.15, -0.1) is 0 Å². The maximum atomic E-state index is 9.68. The molecule has 0 aromatic rings. The Morgan fingerprint density at radius 2 is 2.38 bits per heavy atom. The first kappa shape index (κ1) is 9.19. The molecule has 0 aliphatic carbocycles. The Kier molecular flexibility index (Phi) is 2.67. The lowest BCUT2D eigenvalue weighted by Gasteiger charge is -2.32. The van der Waals surface area contributed by atoms with Crippen molar-refractivity contribution in [2.75, 3.05) is 26.2 Å². The van der Waals surface area contributed by atoms with Gasteiger partial charge in [-0.2, -0.15) is 0 Å². The molecule has 0 aromatic heterocycles. The van der Waals surface area contributed by atoms with E-state index >= 15 is 0 Å². The Bertz CT molecular complexity index is 215. The van der Waals surface area contributed by atoms with Crippen molar-refractivity contribution in [2.45, 2.75) is 25.5 Å². The molecule has 0 radical (unpaired) electrons. The molecule has 0 unspecified atom stereocenters. The standard InChI is InChI=1S/C10H18N2O/c1-8-2-4-12(5-3-8)9-6-11-7-10(9)13/h2,9-11,13H,3-7H2,1H3/t9-,10-/m1/s1. The van der Waals surface area contributed by atoms with Crippen LogP contribution in [0.4, 0.5) is 0 Å². The summed E-state index contributed by atoms with van der Waals surface area (Å²) < 4.78 is 0. The fourth-order valence-electron chi connectivity index (χ4n) is 2.11. The summed E-state index contributed by atoms with van der Waals surface area (Å²) in [5.41, 5.74) is 1.48. The Labute approximate surface area is 79.4 Å². The predicted octanol–water partition coefficient (Wildman–Crippen LogP) is -0.0289. The number of aliphatic hydroxyl groups excluding tert-OH is 1. The van der Waals surface area contributed by atoms with Gasteiger partial charge in [-0.25, -0.2) is 0 Å². The van der Waals surface area contributed by atoms with E-state index in [1.165, 1.54) is 5.57 Å². The summed E-state index contributed by atoms with van der Waals surface area (Å²) in [5, 5.41) is 12.9. The normalized spacial score (nSPS) is 36.3. The van der Waals surface area contributed by atoms with Crippen LogP contribution in [0.5, 0.6) is 0 Å². The molecule has 2 aliphatic heterocycles. The van der Waals surface area contributed by atoms with E-state index in [1.807, 2.05) is 0 Å². The predicted molar refractivity (Wildman–Crippen MR) is 52.6 cm³/mol. The van der Waals surface area contributed by atoms with Crippen LogP contribution in [-0.4, -0.2) is 48.3 Å². The summed E-state index contributed by atoms with van der Waals surface area (Å²) in [6, 6.07) is 0.337. The molecule has 0 spiro atoms. The van der Waals surface area contributed by atoms with Crippen molar-refractivity contribution in [2.24, 2.45) is 0 Å². The van der Waals surface area contributed by atoms with Crippen molar-refractivity contribution in [3.8, 4) is 0 Å². The molecule has 13 heavy (non-hydrogen) atoms. The lowest BCUT2D eigenvalue weighted by Crippen LogP contribution is -2.45. The van der Waals surface area contributed by atoms with E-state index in [9.17, 15) is 5.11 Å². The number of hydrogen-bond donors (Lipinski definition) is 2. The Balaban J connectivity index is 1.94. The minimum Gasteiger partial charge on any atom is -0.390 e. The Morgan fingerprint density at radius 1 is 1.54 bits per heavy atom. The molecular formula is C10H18N2O. The highest BCUT2D eigenvalue weighted by molar-refractivity contribution is 5.06. The number of nitrogens with zero attached hydrogens (tertiary/aromatic N) is 1. The third-order valence-electron chi connectivity index (χ3n) is 3.09. The SMILES string of the molecule is CC1=CCN([C@@H]2CNC[C@H]2O)CC1. The van der Waals surface area contributed by atoms with Crippen LogP contribution in [0.3, 0.4) is 0 Å². The van der Waals surface area contributed by atoms with Gasteiger partial charge in [0, 0.05) is 32.2 Å². The van der Waals surface area contributed by atoms with Gasteiger partial charge < -0.3 is 10.4 Å².